The first-order valence-corrected chi connectivity index (χ1v) is 3.03. The number of hydrogen-bond donors (Lipinski definition) is 1. The molecule has 0 aromatic carbocycles. The highest BCUT2D eigenvalue weighted by Gasteiger charge is 2.25. The Morgan fingerprint density at radius 2 is 2.11 bits per heavy atom. The zero-order chi connectivity index (χ0) is 7.49. The summed E-state index contributed by atoms with van der Waals surface area (Å²) in [6, 6.07) is 0. The van der Waals surface area contributed by atoms with Gasteiger partial charge in [-0.1, -0.05) is 19.9 Å². The SMILES string of the molecule is C=CC(C)(OO)C(C)C. The van der Waals surface area contributed by atoms with E-state index in [2.05, 4.69) is 11.5 Å². The zero-order valence-corrected chi connectivity index (χ0v) is 6.22. The Morgan fingerprint density at radius 1 is 1.67 bits per heavy atom. The molecule has 0 aliphatic rings. The molecule has 0 fully saturated rings. The van der Waals surface area contributed by atoms with E-state index in [1.165, 1.54) is 0 Å². The minimum atomic E-state index is -0.597. The Kier molecular flexibility index (Phi) is 2.88. The molecular formula is C7H14O2. The molecule has 0 aromatic heterocycles. The van der Waals surface area contributed by atoms with E-state index < -0.39 is 5.60 Å². The highest BCUT2D eigenvalue weighted by Crippen LogP contribution is 2.20. The van der Waals surface area contributed by atoms with Gasteiger partial charge in [0.2, 0.25) is 0 Å². The summed E-state index contributed by atoms with van der Waals surface area (Å²) >= 11 is 0. The molecule has 0 amide bonds. The molecule has 0 aliphatic carbocycles. The molecule has 0 radical (unpaired) electrons. The lowest BCUT2D eigenvalue weighted by Gasteiger charge is -2.25. The van der Waals surface area contributed by atoms with Crippen molar-refractivity contribution in [2.24, 2.45) is 5.92 Å². The Morgan fingerprint density at radius 3 is 2.11 bits per heavy atom. The first-order chi connectivity index (χ1) is 4.06. The van der Waals surface area contributed by atoms with Crippen LogP contribution in [0.15, 0.2) is 12.7 Å². The quantitative estimate of drug-likeness (QED) is 0.360. The predicted octanol–water partition coefficient (Wildman–Crippen LogP) is 2.08. The Bertz CT molecular complexity index is 99.1. The van der Waals surface area contributed by atoms with E-state index in [0.717, 1.165) is 0 Å². The smallest absolute Gasteiger partial charge is 0.121 e. The summed E-state index contributed by atoms with van der Waals surface area (Å²) in [7, 11) is 0. The van der Waals surface area contributed by atoms with E-state index in [1.54, 1.807) is 13.0 Å². The second kappa shape index (κ2) is 2.99. The van der Waals surface area contributed by atoms with Crippen LogP contribution in [0.2, 0.25) is 0 Å². The van der Waals surface area contributed by atoms with Gasteiger partial charge in [-0.2, -0.15) is 0 Å². The molecule has 9 heavy (non-hydrogen) atoms. The molecule has 1 N–H and O–H groups in total. The Hall–Kier alpha value is -0.340. The van der Waals surface area contributed by atoms with Crippen LogP contribution in [-0.2, 0) is 4.89 Å². The maximum Gasteiger partial charge on any atom is 0.121 e. The van der Waals surface area contributed by atoms with Crippen LogP contribution in [0, 0.1) is 5.92 Å². The van der Waals surface area contributed by atoms with Crippen LogP contribution in [0.5, 0.6) is 0 Å². The van der Waals surface area contributed by atoms with E-state index in [4.69, 9.17) is 5.26 Å². The lowest BCUT2D eigenvalue weighted by Crippen LogP contribution is -2.30. The van der Waals surface area contributed by atoms with Crippen LogP contribution in [0.25, 0.3) is 0 Å². The second-order valence-corrected chi connectivity index (χ2v) is 2.63. The molecule has 0 bridgehead atoms. The minimum Gasteiger partial charge on any atom is -0.251 e. The normalized spacial score (nSPS) is 17.4. The largest absolute Gasteiger partial charge is 0.251 e. The topological polar surface area (TPSA) is 29.5 Å². The van der Waals surface area contributed by atoms with Gasteiger partial charge >= 0.3 is 0 Å². The highest BCUT2D eigenvalue weighted by atomic mass is 17.1. The van der Waals surface area contributed by atoms with Gasteiger partial charge in [-0.25, -0.2) is 4.89 Å². The molecule has 1 unspecified atom stereocenters. The fourth-order valence-corrected chi connectivity index (χ4v) is 0.378. The van der Waals surface area contributed by atoms with E-state index in [9.17, 15) is 0 Å². The van der Waals surface area contributed by atoms with Gasteiger partial charge in [-0.05, 0) is 12.8 Å². The van der Waals surface area contributed by atoms with Gasteiger partial charge in [-0.15, -0.1) is 6.58 Å². The van der Waals surface area contributed by atoms with Gasteiger partial charge in [0.15, 0.2) is 0 Å². The van der Waals surface area contributed by atoms with Crippen LogP contribution >= 0.6 is 0 Å². The van der Waals surface area contributed by atoms with Crippen molar-refractivity contribution in [1.82, 2.24) is 0 Å². The fraction of sp³-hybridized carbons (Fsp3) is 0.714. The van der Waals surface area contributed by atoms with Crippen LogP contribution in [0.4, 0.5) is 0 Å². The Labute approximate surface area is 56.1 Å². The summed E-state index contributed by atoms with van der Waals surface area (Å²) in [6.07, 6.45) is 1.59. The molecule has 0 rings (SSSR count). The lowest BCUT2D eigenvalue weighted by atomic mass is 9.93. The molecule has 54 valence electrons. The van der Waals surface area contributed by atoms with Crippen molar-refractivity contribution in [3.63, 3.8) is 0 Å². The van der Waals surface area contributed by atoms with Crippen molar-refractivity contribution in [3.8, 4) is 0 Å². The van der Waals surface area contributed by atoms with Crippen molar-refractivity contribution in [2.75, 3.05) is 0 Å². The van der Waals surface area contributed by atoms with Crippen molar-refractivity contribution in [1.29, 1.82) is 0 Å². The second-order valence-electron chi connectivity index (χ2n) is 2.63. The molecule has 1 atom stereocenters. The summed E-state index contributed by atoms with van der Waals surface area (Å²) < 4.78 is 0. The first kappa shape index (κ1) is 8.66. The number of hydrogen-bond acceptors (Lipinski definition) is 2. The molecule has 0 aliphatic heterocycles. The highest BCUT2D eigenvalue weighted by molar-refractivity contribution is 4.94. The van der Waals surface area contributed by atoms with Crippen LogP contribution in [-0.4, -0.2) is 10.9 Å². The molecule has 2 nitrogen and oxygen atoms in total. The molecule has 0 aromatic rings. The summed E-state index contributed by atoms with van der Waals surface area (Å²) in [6.45, 7) is 9.23. The van der Waals surface area contributed by atoms with Gasteiger partial charge in [0.05, 0.1) is 0 Å². The van der Waals surface area contributed by atoms with E-state index in [1.807, 2.05) is 13.8 Å². The van der Waals surface area contributed by atoms with E-state index >= 15 is 0 Å². The molecule has 0 heterocycles. The summed E-state index contributed by atoms with van der Waals surface area (Å²) in [5, 5.41) is 8.38. The zero-order valence-electron chi connectivity index (χ0n) is 6.22. The van der Waals surface area contributed by atoms with Crippen molar-refractivity contribution in [3.05, 3.63) is 12.7 Å². The lowest BCUT2D eigenvalue weighted by molar-refractivity contribution is -0.313. The van der Waals surface area contributed by atoms with Crippen LogP contribution in [0.1, 0.15) is 20.8 Å². The van der Waals surface area contributed by atoms with Gasteiger partial charge in [-0.3, -0.25) is 5.26 Å². The first-order valence-electron chi connectivity index (χ1n) is 3.03. The van der Waals surface area contributed by atoms with Crippen molar-refractivity contribution < 1.29 is 10.1 Å². The fourth-order valence-electron chi connectivity index (χ4n) is 0.378. The van der Waals surface area contributed by atoms with Gasteiger partial charge in [0.25, 0.3) is 0 Å². The maximum absolute atomic E-state index is 8.38. The predicted molar refractivity (Wildman–Crippen MR) is 37.2 cm³/mol. The summed E-state index contributed by atoms with van der Waals surface area (Å²) in [5.74, 6) is 0.236. The van der Waals surface area contributed by atoms with Crippen LogP contribution in [0.3, 0.4) is 0 Å². The van der Waals surface area contributed by atoms with Crippen LogP contribution < -0.4 is 0 Å². The molecule has 2 heteroatoms. The molecule has 0 saturated carbocycles. The Balaban J connectivity index is 4.08. The minimum absolute atomic E-state index is 0.236. The summed E-state index contributed by atoms with van der Waals surface area (Å²) in [5.41, 5.74) is -0.597. The average Bonchev–Trinajstić information content (AvgIpc) is 1.86. The maximum atomic E-state index is 8.38. The molecule has 0 saturated heterocycles. The third kappa shape index (κ3) is 1.80. The monoisotopic (exact) mass is 130 g/mol. The van der Waals surface area contributed by atoms with Crippen molar-refractivity contribution >= 4 is 0 Å². The average molecular weight is 130 g/mol. The van der Waals surface area contributed by atoms with Crippen molar-refractivity contribution in [2.45, 2.75) is 26.4 Å². The van der Waals surface area contributed by atoms with E-state index in [0.29, 0.717) is 0 Å². The van der Waals surface area contributed by atoms with Gasteiger partial charge in [0, 0.05) is 0 Å². The third-order valence-electron chi connectivity index (χ3n) is 1.75. The standard InChI is InChI=1S/C7H14O2/c1-5-7(4,9-8)6(2)3/h5-6,8H,1H2,2-4H3. The number of rotatable bonds is 3. The van der Waals surface area contributed by atoms with E-state index in [-0.39, 0.29) is 5.92 Å². The molecular weight excluding hydrogens is 116 g/mol. The molecule has 0 spiro atoms. The summed E-state index contributed by atoms with van der Waals surface area (Å²) in [4.78, 5) is 4.23. The van der Waals surface area contributed by atoms with Gasteiger partial charge < -0.3 is 0 Å². The van der Waals surface area contributed by atoms with Gasteiger partial charge in [0.1, 0.15) is 5.60 Å². The third-order valence-corrected chi connectivity index (χ3v) is 1.75.